The summed E-state index contributed by atoms with van der Waals surface area (Å²) in [7, 11) is 1.73. The Kier molecular flexibility index (Phi) is 7.09. The minimum Gasteiger partial charge on any atom is -0.385 e. The van der Waals surface area contributed by atoms with Gasteiger partial charge in [0.05, 0.1) is 6.61 Å². The Morgan fingerprint density at radius 2 is 2.33 bits per heavy atom. The Bertz CT molecular complexity index is 340. The molecule has 0 saturated carbocycles. The van der Waals surface area contributed by atoms with E-state index in [-0.39, 0.29) is 12.4 Å². The fourth-order valence-electron chi connectivity index (χ4n) is 2.30. The van der Waals surface area contributed by atoms with Crippen LogP contribution in [0.1, 0.15) is 18.4 Å². The minimum absolute atomic E-state index is 0. The van der Waals surface area contributed by atoms with Gasteiger partial charge in [-0.15, -0.1) is 12.4 Å². The van der Waals surface area contributed by atoms with Crippen LogP contribution >= 0.6 is 12.4 Å². The van der Waals surface area contributed by atoms with Crippen molar-refractivity contribution >= 4 is 18.1 Å². The van der Waals surface area contributed by atoms with Crippen molar-refractivity contribution in [3.05, 3.63) is 29.8 Å². The Balaban J connectivity index is 0.00000162. The lowest BCUT2D eigenvalue weighted by Crippen LogP contribution is -2.33. The normalized spacial score (nSPS) is 19.1. The second-order valence-electron chi connectivity index (χ2n) is 4.73. The predicted molar refractivity (Wildman–Crippen MR) is 78.5 cm³/mol. The van der Waals surface area contributed by atoms with Crippen LogP contribution in [-0.2, 0) is 11.3 Å². The van der Waals surface area contributed by atoms with Crippen molar-refractivity contribution in [1.82, 2.24) is 5.32 Å². The number of nitrogens with one attached hydrogen (secondary N) is 2. The summed E-state index contributed by atoms with van der Waals surface area (Å²) in [4.78, 5) is 0. The maximum absolute atomic E-state index is 5.14. The van der Waals surface area contributed by atoms with Crippen LogP contribution in [0.3, 0.4) is 0 Å². The lowest BCUT2D eigenvalue weighted by atomic mass is 9.99. The van der Waals surface area contributed by atoms with Gasteiger partial charge in [0.15, 0.2) is 0 Å². The molecule has 0 aliphatic carbocycles. The Hall–Kier alpha value is -0.770. The van der Waals surface area contributed by atoms with Crippen molar-refractivity contribution in [1.29, 1.82) is 0 Å². The van der Waals surface area contributed by atoms with Crippen LogP contribution in [0.15, 0.2) is 24.3 Å². The summed E-state index contributed by atoms with van der Waals surface area (Å²) >= 11 is 0. The van der Waals surface area contributed by atoms with Crippen molar-refractivity contribution in [2.45, 2.75) is 19.4 Å². The van der Waals surface area contributed by atoms with E-state index in [2.05, 4.69) is 34.9 Å². The lowest BCUT2D eigenvalue weighted by Gasteiger charge is -2.23. The van der Waals surface area contributed by atoms with Gasteiger partial charge in [0.2, 0.25) is 0 Å². The topological polar surface area (TPSA) is 33.3 Å². The van der Waals surface area contributed by atoms with Gasteiger partial charge in [0.1, 0.15) is 0 Å². The molecular weight excluding hydrogens is 248 g/mol. The van der Waals surface area contributed by atoms with Gasteiger partial charge in [-0.2, -0.15) is 0 Å². The average Bonchev–Trinajstić information content (AvgIpc) is 2.39. The zero-order valence-electron chi connectivity index (χ0n) is 10.9. The van der Waals surface area contributed by atoms with E-state index < -0.39 is 0 Å². The van der Waals surface area contributed by atoms with E-state index in [1.807, 2.05) is 0 Å². The Morgan fingerprint density at radius 3 is 3.06 bits per heavy atom. The summed E-state index contributed by atoms with van der Waals surface area (Å²) < 4.78 is 5.14. The number of piperidine rings is 1. The highest BCUT2D eigenvalue weighted by Gasteiger charge is 2.12. The number of benzene rings is 1. The number of methoxy groups -OCH3 is 1. The molecule has 18 heavy (non-hydrogen) atoms. The van der Waals surface area contributed by atoms with Gasteiger partial charge < -0.3 is 15.4 Å². The third-order valence-electron chi connectivity index (χ3n) is 3.23. The third-order valence-corrected chi connectivity index (χ3v) is 3.23. The molecule has 2 rings (SSSR count). The molecule has 0 bridgehead atoms. The second-order valence-corrected chi connectivity index (χ2v) is 4.73. The minimum atomic E-state index is 0. The quantitative estimate of drug-likeness (QED) is 0.863. The Morgan fingerprint density at radius 1 is 1.44 bits per heavy atom. The van der Waals surface area contributed by atoms with Crippen LogP contribution in [-0.4, -0.2) is 26.7 Å². The predicted octanol–water partition coefficient (Wildman–Crippen LogP) is 2.67. The monoisotopic (exact) mass is 270 g/mol. The molecule has 1 heterocycles. The molecule has 0 spiro atoms. The van der Waals surface area contributed by atoms with Gasteiger partial charge in [-0.1, -0.05) is 12.1 Å². The molecule has 1 aromatic rings. The highest BCUT2D eigenvalue weighted by molar-refractivity contribution is 5.85. The van der Waals surface area contributed by atoms with Gasteiger partial charge in [0.25, 0.3) is 0 Å². The van der Waals surface area contributed by atoms with E-state index in [4.69, 9.17) is 4.74 Å². The summed E-state index contributed by atoms with van der Waals surface area (Å²) in [6, 6.07) is 8.46. The van der Waals surface area contributed by atoms with E-state index in [1.165, 1.54) is 30.6 Å². The summed E-state index contributed by atoms with van der Waals surface area (Å²) in [6.45, 7) is 4.06. The maximum atomic E-state index is 5.14. The van der Waals surface area contributed by atoms with E-state index in [9.17, 15) is 0 Å². The van der Waals surface area contributed by atoms with Gasteiger partial charge in [-0.3, -0.25) is 0 Å². The van der Waals surface area contributed by atoms with Gasteiger partial charge >= 0.3 is 0 Å². The van der Waals surface area contributed by atoms with E-state index in [0.717, 1.165) is 19.0 Å². The first-order chi connectivity index (χ1) is 8.38. The molecule has 0 amide bonds. The third kappa shape index (κ3) is 4.84. The van der Waals surface area contributed by atoms with Crippen LogP contribution in [0.5, 0.6) is 0 Å². The van der Waals surface area contributed by atoms with Crippen LogP contribution < -0.4 is 10.6 Å². The fraction of sp³-hybridized carbons (Fsp3) is 0.571. The summed E-state index contributed by atoms with van der Waals surface area (Å²) in [5, 5.41) is 6.96. The van der Waals surface area contributed by atoms with E-state index in [0.29, 0.717) is 6.61 Å². The molecule has 0 aromatic heterocycles. The van der Waals surface area contributed by atoms with Crippen molar-refractivity contribution in [2.24, 2.45) is 5.92 Å². The number of hydrogen-bond donors (Lipinski definition) is 2. The first-order valence-corrected chi connectivity index (χ1v) is 6.41. The molecule has 102 valence electrons. The van der Waals surface area contributed by atoms with Gasteiger partial charge in [-0.25, -0.2) is 0 Å². The second kappa shape index (κ2) is 8.35. The van der Waals surface area contributed by atoms with E-state index in [1.54, 1.807) is 7.11 Å². The summed E-state index contributed by atoms with van der Waals surface area (Å²) in [5.41, 5.74) is 2.42. The molecule has 0 radical (unpaired) electrons. The number of hydrogen-bond acceptors (Lipinski definition) is 3. The first kappa shape index (κ1) is 15.3. The summed E-state index contributed by atoms with van der Waals surface area (Å²) in [6.07, 6.45) is 2.63. The highest BCUT2D eigenvalue weighted by Crippen LogP contribution is 2.14. The van der Waals surface area contributed by atoms with Gasteiger partial charge in [0, 0.05) is 19.3 Å². The molecule has 2 N–H and O–H groups in total. The molecular formula is C14H23ClN2O. The van der Waals surface area contributed by atoms with Crippen LogP contribution in [0.4, 0.5) is 5.69 Å². The standard InChI is InChI=1S/C14H22N2O.ClH/c1-17-11-12-4-2-6-14(8-12)16-10-13-5-3-7-15-9-13;/h2,4,6,8,13,15-16H,3,5,7,9-11H2,1H3;1H. The zero-order chi connectivity index (χ0) is 11.9. The fourth-order valence-corrected chi connectivity index (χ4v) is 2.30. The molecule has 1 atom stereocenters. The summed E-state index contributed by atoms with van der Waals surface area (Å²) in [5.74, 6) is 0.759. The molecule has 1 aliphatic rings. The number of rotatable bonds is 5. The number of anilines is 1. The van der Waals surface area contributed by atoms with Crippen molar-refractivity contribution in [3.63, 3.8) is 0 Å². The SMILES string of the molecule is COCc1cccc(NCC2CCCNC2)c1.Cl. The molecule has 3 nitrogen and oxygen atoms in total. The first-order valence-electron chi connectivity index (χ1n) is 6.41. The van der Waals surface area contributed by atoms with Crippen LogP contribution in [0.2, 0.25) is 0 Å². The smallest absolute Gasteiger partial charge is 0.0713 e. The zero-order valence-corrected chi connectivity index (χ0v) is 11.8. The van der Waals surface area contributed by atoms with Crippen molar-refractivity contribution in [3.8, 4) is 0 Å². The average molecular weight is 271 g/mol. The molecule has 1 fully saturated rings. The Labute approximate surface area is 116 Å². The number of ether oxygens (including phenoxy) is 1. The lowest BCUT2D eigenvalue weighted by molar-refractivity contribution is 0.185. The number of halogens is 1. The maximum Gasteiger partial charge on any atom is 0.0713 e. The van der Waals surface area contributed by atoms with Crippen molar-refractivity contribution in [2.75, 3.05) is 32.1 Å². The van der Waals surface area contributed by atoms with Crippen LogP contribution in [0, 0.1) is 5.92 Å². The highest BCUT2D eigenvalue weighted by atomic mass is 35.5. The molecule has 1 saturated heterocycles. The molecule has 1 aromatic carbocycles. The largest absolute Gasteiger partial charge is 0.385 e. The molecule has 1 aliphatic heterocycles. The molecule has 4 heteroatoms. The van der Waals surface area contributed by atoms with Gasteiger partial charge in [-0.05, 0) is 49.5 Å². The van der Waals surface area contributed by atoms with Crippen LogP contribution in [0.25, 0.3) is 0 Å². The van der Waals surface area contributed by atoms with E-state index >= 15 is 0 Å². The molecule has 1 unspecified atom stereocenters. The van der Waals surface area contributed by atoms with Crippen molar-refractivity contribution < 1.29 is 4.74 Å².